The number of unbranched alkanes of at least 4 members (excludes halogenated alkanes) is 3. The Kier molecular flexibility index (Phi) is 10.8. The molecule has 3 aliphatic heterocycles. The Bertz CT molecular complexity index is 735. The first-order valence-corrected chi connectivity index (χ1v) is 14.9. The van der Waals surface area contributed by atoms with Crippen LogP contribution in [-0.4, -0.2) is 96.4 Å². The fraction of sp³-hybridized carbons (Fsp3) is 0.862. The van der Waals surface area contributed by atoms with E-state index in [4.69, 9.17) is 14.7 Å². The molecule has 7 nitrogen and oxygen atoms in total. The van der Waals surface area contributed by atoms with E-state index in [2.05, 4.69) is 60.1 Å². The van der Waals surface area contributed by atoms with E-state index in [-0.39, 0.29) is 0 Å². The Morgan fingerprint density at radius 3 is 2.19 bits per heavy atom. The molecule has 0 aliphatic carbocycles. The van der Waals surface area contributed by atoms with Crippen LogP contribution >= 0.6 is 0 Å². The van der Waals surface area contributed by atoms with Gasteiger partial charge in [-0.2, -0.15) is 0 Å². The van der Waals surface area contributed by atoms with Gasteiger partial charge in [0, 0.05) is 50.2 Å². The number of piperidine rings is 1. The maximum atomic E-state index is 5.56. The van der Waals surface area contributed by atoms with Gasteiger partial charge >= 0.3 is 0 Å². The number of piperazine rings is 1. The molecule has 2 bridgehead atoms. The molecule has 4 heterocycles. The molecule has 0 amide bonds. The summed E-state index contributed by atoms with van der Waals surface area (Å²) in [5, 5.41) is 3.49. The SMILES string of the molecule is CC(C)OCCNCCCCCCN1CCC(c2cnc(N3C4CCC3CN(C(C)C)C4)nc2)CC1. The van der Waals surface area contributed by atoms with Gasteiger partial charge in [0.05, 0.1) is 12.7 Å². The van der Waals surface area contributed by atoms with Crippen molar-refractivity contribution in [3.63, 3.8) is 0 Å². The number of aromatic nitrogens is 2. The van der Waals surface area contributed by atoms with E-state index in [1.54, 1.807) is 0 Å². The third-order valence-corrected chi connectivity index (χ3v) is 8.50. The quantitative estimate of drug-likeness (QED) is 0.382. The van der Waals surface area contributed by atoms with Gasteiger partial charge < -0.3 is 19.9 Å². The molecular weight excluding hydrogens is 448 g/mol. The first kappa shape index (κ1) is 27.7. The Hall–Kier alpha value is -1.28. The van der Waals surface area contributed by atoms with Gasteiger partial charge in [0.25, 0.3) is 0 Å². The lowest BCUT2D eigenvalue weighted by Gasteiger charge is -2.42. The fourth-order valence-corrected chi connectivity index (χ4v) is 6.28. The number of hydrogen-bond donors (Lipinski definition) is 1. The molecule has 3 saturated heterocycles. The van der Waals surface area contributed by atoms with Crippen molar-refractivity contribution in [1.29, 1.82) is 0 Å². The van der Waals surface area contributed by atoms with Crippen LogP contribution in [0.4, 0.5) is 5.95 Å². The summed E-state index contributed by atoms with van der Waals surface area (Å²) < 4.78 is 5.56. The highest BCUT2D eigenvalue weighted by molar-refractivity contribution is 5.38. The molecule has 2 unspecified atom stereocenters. The van der Waals surface area contributed by atoms with Crippen LogP contribution in [0.3, 0.4) is 0 Å². The Morgan fingerprint density at radius 2 is 1.56 bits per heavy atom. The summed E-state index contributed by atoms with van der Waals surface area (Å²) in [6.45, 7) is 17.7. The lowest BCUT2D eigenvalue weighted by atomic mass is 9.91. The predicted molar refractivity (Wildman–Crippen MR) is 149 cm³/mol. The van der Waals surface area contributed by atoms with Crippen LogP contribution in [0.1, 0.15) is 90.5 Å². The molecule has 0 spiro atoms. The van der Waals surface area contributed by atoms with Crippen molar-refractivity contribution in [3.8, 4) is 0 Å². The number of rotatable bonds is 14. The van der Waals surface area contributed by atoms with Gasteiger partial charge in [-0.05, 0) is 104 Å². The zero-order valence-corrected chi connectivity index (χ0v) is 23.5. The highest BCUT2D eigenvalue weighted by Crippen LogP contribution is 2.34. The normalized spacial score (nSPS) is 23.9. The van der Waals surface area contributed by atoms with Crippen LogP contribution in [0.5, 0.6) is 0 Å². The van der Waals surface area contributed by atoms with E-state index >= 15 is 0 Å². The van der Waals surface area contributed by atoms with Gasteiger partial charge in [-0.25, -0.2) is 9.97 Å². The van der Waals surface area contributed by atoms with E-state index in [1.807, 2.05) is 0 Å². The lowest BCUT2D eigenvalue weighted by molar-refractivity contribution is 0.0809. The first-order valence-electron chi connectivity index (χ1n) is 14.9. The number of likely N-dealkylation sites (tertiary alicyclic amines) is 2. The Morgan fingerprint density at radius 1 is 0.889 bits per heavy atom. The second-order valence-electron chi connectivity index (χ2n) is 11.9. The largest absolute Gasteiger partial charge is 0.377 e. The molecule has 0 aromatic carbocycles. The summed E-state index contributed by atoms with van der Waals surface area (Å²) in [5.74, 6) is 1.58. The molecule has 3 aliphatic rings. The highest BCUT2D eigenvalue weighted by Gasteiger charge is 2.41. The highest BCUT2D eigenvalue weighted by atomic mass is 16.5. The van der Waals surface area contributed by atoms with Crippen LogP contribution in [0, 0.1) is 0 Å². The van der Waals surface area contributed by atoms with E-state index in [9.17, 15) is 0 Å². The topological polar surface area (TPSA) is 56.8 Å². The summed E-state index contributed by atoms with van der Waals surface area (Å²) in [4.78, 5) is 17.6. The second kappa shape index (κ2) is 14.0. The molecule has 1 N–H and O–H groups in total. The predicted octanol–water partition coefficient (Wildman–Crippen LogP) is 4.29. The number of ether oxygens (including phenoxy) is 1. The molecular formula is C29H52N6O. The van der Waals surface area contributed by atoms with Crippen molar-refractivity contribution in [2.24, 2.45) is 0 Å². The van der Waals surface area contributed by atoms with Crippen molar-refractivity contribution >= 4 is 5.95 Å². The van der Waals surface area contributed by atoms with Gasteiger partial charge in [-0.3, -0.25) is 4.90 Å². The van der Waals surface area contributed by atoms with E-state index in [0.717, 1.165) is 38.7 Å². The monoisotopic (exact) mass is 500 g/mol. The number of hydrogen-bond acceptors (Lipinski definition) is 7. The molecule has 1 aromatic rings. The van der Waals surface area contributed by atoms with Gasteiger partial charge in [0.2, 0.25) is 5.95 Å². The summed E-state index contributed by atoms with van der Waals surface area (Å²) in [7, 11) is 0. The van der Waals surface area contributed by atoms with Gasteiger partial charge in [-0.1, -0.05) is 12.8 Å². The minimum absolute atomic E-state index is 0.335. The van der Waals surface area contributed by atoms with Gasteiger partial charge in [0.1, 0.15) is 0 Å². The van der Waals surface area contributed by atoms with Crippen LogP contribution in [-0.2, 0) is 4.74 Å². The third kappa shape index (κ3) is 7.86. The fourth-order valence-electron chi connectivity index (χ4n) is 6.28. The number of nitrogens with one attached hydrogen (secondary N) is 1. The van der Waals surface area contributed by atoms with E-state index in [0.29, 0.717) is 30.1 Å². The summed E-state index contributed by atoms with van der Waals surface area (Å²) in [6.07, 6.45) is 14.9. The number of fused-ring (bicyclic) bond motifs is 2. The van der Waals surface area contributed by atoms with Gasteiger partial charge in [-0.15, -0.1) is 0 Å². The van der Waals surface area contributed by atoms with Crippen molar-refractivity contribution < 1.29 is 4.74 Å². The first-order chi connectivity index (χ1) is 17.5. The summed E-state index contributed by atoms with van der Waals surface area (Å²) in [5.41, 5.74) is 1.35. The Balaban J connectivity index is 1.09. The van der Waals surface area contributed by atoms with Crippen LogP contribution in [0.15, 0.2) is 12.4 Å². The average molecular weight is 501 g/mol. The zero-order chi connectivity index (χ0) is 25.3. The minimum atomic E-state index is 0.335. The molecule has 4 rings (SSSR count). The smallest absolute Gasteiger partial charge is 0.225 e. The average Bonchev–Trinajstić information content (AvgIpc) is 3.14. The maximum Gasteiger partial charge on any atom is 0.225 e. The van der Waals surface area contributed by atoms with E-state index < -0.39 is 0 Å². The van der Waals surface area contributed by atoms with Crippen LogP contribution in [0.2, 0.25) is 0 Å². The molecule has 2 atom stereocenters. The molecule has 3 fully saturated rings. The summed E-state index contributed by atoms with van der Waals surface area (Å²) >= 11 is 0. The third-order valence-electron chi connectivity index (χ3n) is 8.50. The molecule has 7 heteroatoms. The van der Waals surface area contributed by atoms with Crippen LogP contribution < -0.4 is 10.2 Å². The molecule has 0 saturated carbocycles. The number of nitrogens with zero attached hydrogens (tertiary/aromatic N) is 5. The summed E-state index contributed by atoms with van der Waals surface area (Å²) in [6, 6.07) is 1.80. The Labute approximate surface area is 220 Å². The van der Waals surface area contributed by atoms with Crippen molar-refractivity contribution in [2.75, 3.05) is 57.3 Å². The van der Waals surface area contributed by atoms with E-state index in [1.165, 1.54) is 76.6 Å². The van der Waals surface area contributed by atoms with Gasteiger partial charge in [0.15, 0.2) is 0 Å². The minimum Gasteiger partial charge on any atom is -0.377 e. The number of anilines is 1. The molecule has 204 valence electrons. The standard InChI is InChI=1S/C29H52N6O/c1-23(2)34-21-27-9-10-28(22-34)35(27)29-31-19-26(20-32-29)25-11-16-33(17-12-25)15-8-6-5-7-13-30-14-18-36-24(3)4/h19-20,23-25,27-28,30H,5-18,21-22H2,1-4H3. The maximum absolute atomic E-state index is 5.56. The zero-order valence-electron chi connectivity index (χ0n) is 23.5. The molecule has 1 aromatic heterocycles. The van der Waals surface area contributed by atoms with Crippen molar-refractivity contribution in [1.82, 2.24) is 25.1 Å². The van der Waals surface area contributed by atoms with Crippen molar-refractivity contribution in [3.05, 3.63) is 18.0 Å². The molecule has 36 heavy (non-hydrogen) atoms. The van der Waals surface area contributed by atoms with Crippen molar-refractivity contribution in [2.45, 2.75) is 109 Å². The van der Waals surface area contributed by atoms with Crippen LogP contribution in [0.25, 0.3) is 0 Å². The second-order valence-corrected chi connectivity index (χ2v) is 11.9. The lowest BCUT2D eigenvalue weighted by Crippen LogP contribution is -2.56. The molecule has 0 radical (unpaired) electrons.